The van der Waals surface area contributed by atoms with Crippen molar-refractivity contribution >= 4 is 0 Å². The molecule has 1 aromatic rings. The van der Waals surface area contributed by atoms with E-state index < -0.39 is 17.5 Å². The monoisotopic (exact) mass is 186 g/mol. The third-order valence-corrected chi connectivity index (χ3v) is 1.28. The number of benzene rings is 1. The lowest BCUT2D eigenvalue weighted by Crippen LogP contribution is -1.97. The number of rotatable bonds is 2. The van der Waals surface area contributed by atoms with Crippen LogP contribution in [0.5, 0.6) is 5.75 Å². The lowest BCUT2D eigenvalue weighted by Gasteiger charge is -2.02. The first-order chi connectivity index (χ1) is 6.15. The Kier molecular flexibility index (Phi) is 2.80. The van der Waals surface area contributed by atoms with Crippen molar-refractivity contribution in [1.29, 1.82) is 0 Å². The van der Waals surface area contributed by atoms with Crippen LogP contribution in [0.2, 0.25) is 0 Å². The lowest BCUT2D eigenvalue weighted by molar-refractivity contribution is 0.357. The average Bonchev–Trinajstić information content (AvgIpc) is 2.10. The van der Waals surface area contributed by atoms with E-state index in [1.165, 1.54) is 0 Å². The topological polar surface area (TPSA) is 9.23 Å². The van der Waals surface area contributed by atoms with Gasteiger partial charge in [-0.05, 0) is 0 Å². The van der Waals surface area contributed by atoms with Gasteiger partial charge in [-0.2, -0.15) is 0 Å². The summed E-state index contributed by atoms with van der Waals surface area (Å²) in [5.41, 5.74) is 0. The van der Waals surface area contributed by atoms with Crippen LogP contribution in [0.1, 0.15) is 0 Å². The molecule has 0 spiro atoms. The number of halogens is 3. The molecule has 0 fully saturated rings. The Morgan fingerprint density at radius 3 is 2.23 bits per heavy atom. The number of hydrogen-bond donors (Lipinski definition) is 0. The SMILES string of the molecule is C#CCOc1cc(F)c(F)c(F)c1. The van der Waals surface area contributed by atoms with Gasteiger partial charge < -0.3 is 4.74 Å². The summed E-state index contributed by atoms with van der Waals surface area (Å²) in [5.74, 6) is -2.14. The molecule has 0 atom stereocenters. The summed E-state index contributed by atoms with van der Waals surface area (Å²) in [6.45, 7) is -0.121. The maximum atomic E-state index is 12.5. The average molecular weight is 186 g/mol. The number of terminal acetylenes is 1. The van der Waals surface area contributed by atoms with Gasteiger partial charge in [0.1, 0.15) is 12.4 Å². The van der Waals surface area contributed by atoms with Crippen LogP contribution in [0, 0.1) is 29.8 Å². The molecule has 0 saturated heterocycles. The molecule has 0 aliphatic rings. The van der Waals surface area contributed by atoms with Crippen LogP contribution >= 0.6 is 0 Å². The predicted molar refractivity (Wildman–Crippen MR) is 40.6 cm³/mol. The molecule has 0 heterocycles. The van der Waals surface area contributed by atoms with Gasteiger partial charge in [-0.25, -0.2) is 13.2 Å². The molecule has 1 aromatic carbocycles. The second-order valence-electron chi connectivity index (χ2n) is 2.19. The first kappa shape index (κ1) is 9.46. The van der Waals surface area contributed by atoms with Crippen molar-refractivity contribution in [2.45, 2.75) is 0 Å². The summed E-state index contributed by atoms with van der Waals surface area (Å²) < 4.78 is 42.1. The molecule has 4 heteroatoms. The number of ether oxygens (including phenoxy) is 1. The molecule has 0 bridgehead atoms. The van der Waals surface area contributed by atoms with Crippen molar-refractivity contribution in [1.82, 2.24) is 0 Å². The fourth-order valence-electron chi connectivity index (χ4n) is 0.741. The Morgan fingerprint density at radius 2 is 1.77 bits per heavy atom. The summed E-state index contributed by atoms with van der Waals surface area (Å²) in [6.07, 6.45) is 4.85. The maximum Gasteiger partial charge on any atom is 0.194 e. The summed E-state index contributed by atoms with van der Waals surface area (Å²) in [5, 5.41) is 0. The largest absolute Gasteiger partial charge is 0.481 e. The van der Waals surface area contributed by atoms with Gasteiger partial charge in [0.25, 0.3) is 0 Å². The van der Waals surface area contributed by atoms with Gasteiger partial charge in [0.05, 0.1) is 0 Å². The molecule has 1 rings (SSSR count). The molecular weight excluding hydrogens is 181 g/mol. The minimum Gasteiger partial charge on any atom is -0.481 e. The van der Waals surface area contributed by atoms with Gasteiger partial charge in [-0.3, -0.25) is 0 Å². The minimum atomic E-state index is -1.52. The molecule has 0 amide bonds. The predicted octanol–water partition coefficient (Wildman–Crippen LogP) is 2.12. The zero-order chi connectivity index (χ0) is 9.84. The van der Waals surface area contributed by atoms with E-state index in [9.17, 15) is 13.2 Å². The van der Waals surface area contributed by atoms with E-state index in [1.54, 1.807) is 0 Å². The normalized spacial score (nSPS) is 9.38. The van der Waals surface area contributed by atoms with Gasteiger partial charge >= 0.3 is 0 Å². The molecule has 13 heavy (non-hydrogen) atoms. The summed E-state index contributed by atoms with van der Waals surface area (Å²) in [7, 11) is 0. The van der Waals surface area contributed by atoms with Gasteiger partial charge in [0.15, 0.2) is 17.5 Å². The standard InChI is InChI=1S/C9H5F3O/c1-2-3-13-6-4-7(10)9(12)8(11)5-6/h1,4-5H,3H2. The Balaban J connectivity index is 2.94. The van der Waals surface area contributed by atoms with Crippen LogP contribution in [-0.2, 0) is 0 Å². The van der Waals surface area contributed by atoms with Crippen LogP contribution in [0.3, 0.4) is 0 Å². The third kappa shape index (κ3) is 2.15. The Hall–Kier alpha value is -1.63. The second kappa shape index (κ2) is 3.85. The first-order valence-electron chi connectivity index (χ1n) is 3.36. The molecule has 0 unspecified atom stereocenters. The Morgan fingerprint density at radius 1 is 1.23 bits per heavy atom. The molecule has 68 valence electrons. The second-order valence-corrected chi connectivity index (χ2v) is 2.19. The molecule has 0 aromatic heterocycles. The van der Waals surface area contributed by atoms with Crippen molar-refractivity contribution in [2.24, 2.45) is 0 Å². The highest BCUT2D eigenvalue weighted by Gasteiger charge is 2.10. The Labute approximate surface area is 73.1 Å². The Bertz CT molecular complexity index is 331. The molecule has 0 N–H and O–H groups in total. The summed E-state index contributed by atoms with van der Waals surface area (Å²) >= 11 is 0. The van der Waals surface area contributed by atoms with Crippen molar-refractivity contribution in [3.8, 4) is 18.1 Å². The van der Waals surface area contributed by atoms with E-state index in [-0.39, 0.29) is 12.4 Å². The van der Waals surface area contributed by atoms with E-state index in [0.29, 0.717) is 0 Å². The van der Waals surface area contributed by atoms with Crippen LogP contribution < -0.4 is 4.74 Å². The van der Waals surface area contributed by atoms with E-state index in [2.05, 4.69) is 10.7 Å². The minimum absolute atomic E-state index is 0.121. The van der Waals surface area contributed by atoms with Crippen LogP contribution in [0.25, 0.3) is 0 Å². The van der Waals surface area contributed by atoms with E-state index in [1.807, 2.05) is 0 Å². The van der Waals surface area contributed by atoms with Gasteiger partial charge in [-0.1, -0.05) is 5.92 Å². The molecule has 1 nitrogen and oxygen atoms in total. The fourth-order valence-corrected chi connectivity index (χ4v) is 0.741. The van der Waals surface area contributed by atoms with Gasteiger partial charge in [0, 0.05) is 12.1 Å². The summed E-state index contributed by atoms with van der Waals surface area (Å²) in [6, 6.07) is 1.46. The van der Waals surface area contributed by atoms with E-state index in [4.69, 9.17) is 6.42 Å². The van der Waals surface area contributed by atoms with Gasteiger partial charge in [-0.15, -0.1) is 6.42 Å². The molecular formula is C9H5F3O. The lowest BCUT2D eigenvalue weighted by atomic mass is 10.3. The molecule has 0 aliphatic carbocycles. The zero-order valence-electron chi connectivity index (χ0n) is 6.48. The first-order valence-corrected chi connectivity index (χ1v) is 3.36. The molecule has 0 saturated carbocycles. The highest BCUT2D eigenvalue weighted by atomic mass is 19.2. The fraction of sp³-hybridized carbons (Fsp3) is 0.111. The van der Waals surface area contributed by atoms with Crippen LogP contribution in [-0.4, -0.2) is 6.61 Å². The van der Waals surface area contributed by atoms with Gasteiger partial charge in [0.2, 0.25) is 0 Å². The highest BCUT2D eigenvalue weighted by molar-refractivity contribution is 5.25. The van der Waals surface area contributed by atoms with Crippen molar-refractivity contribution in [3.05, 3.63) is 29.6 Å². The van der Waals surface area contributed by atoms with Crippen molar-refractivity contribution in [2.75, 3.05) is 6.61 Å². The van der Waals surface area contributed by atoms with Crippen molar-refractivity contribution in [3.63, 3.8) is 0 Å². The van der Waals surface area contributed by atoms with E-state index in [0.717, 1.165) is 12.1 Å². The smallest absolute Gasteiger partial charge is 0.194 e. The highest BCUT2D eigenvalue weighted by Crippen LogP contribution is 2.18. The summed E-state index contributed by atoms with van der Waals surface area (Å²) in [4.78, 5) is 0. The van der Waals surface area contributed by atoms with Crippen LogP contribution in [0.4, 0.5) is 13.2 Å². The molecule has 0 radical (unpaired) electrons. The third-order valence-electron chi connectivity index (χ3n) is 1.28. The van der Waals surface area contributed by atoms with Crippen molar-refractivity contribution < 1.29 is 17.9 Å². The molecule has 0 aliphatic heterocycles. The maximum absolute atomic E-state index is 12.5. The van der Waals surface area contributed by atoms with E-state index >= 15 is 0 Å². The number of hydrogen-bond acceptors (Lipinski definition) is 1. The van der Waals surface area contributed by atoms with Crippen LogP contribution in [0.15, 0.2) is 12.1 Å². The zero-order valence-corrected chi connectivity index (χ0v) is 6.48. The quantitative estimate of drug-likeness (QED) is 0.507.